The predicted molar refractivity (Wildman–Crippen MR) is 86.1 cm³/mol. The van der Waals surface area contributed by atoms with Crippen molar-refractivity contribution in [2.24, 2.45) is 14.1 Å². The van der Waals surface area contributed by atoms with Gasteiger partial charge in [0, 0.05) is 54.7 Å². The molecule has 5 nitrogen and oxygen atoms in total. The van der Waals surface area contributed by atoms with Crippen LogP contribution in [0.4, 0.5) is 0 Å². The van der Waals surface area contributed by atoms with Gasteiger partial charge >= 0.3 is 0 Å². The number of hydrogen-bond acceptors (Lipinski definition) is 3. The van der Waals surface area contributed by atoms with Gasteiger partial charge in [-0.1, -0.05) is 12.1 Å². The van der Waals surface area contributed by atoms with Crippen molar-refractivity contribution < 1.29 is 0 Å². The molecular weight excluding hydrogens is 274 g/mol. The van der Waals surface area contributed by atoms with Gasteiger partial charge in [0.1, 0.15) is 6.33 Å². The molecule has 0 unspecified atom stereocenters. The zero-order valence-corrected chi connectivity index (χ0v) is 12.4. The molecule has 22 heavy (non-hydrogen) atoms. The van der Waals surface area contributed by atoms with Crippen molar-refractivity contribution in [1.29, 1.82) is 0 Å². The standard InChI is InChI=1S/C17H15N5/c1-21-10-15(16-5-6-18-11-19-16)14-4-3-12(7-17(14)21)13-8-20-22(2)9-13/h3-11H,1-2H3. The molecule has 4 aromatic rings. The Morgan fingerprint density at radius 1 is 1.00 bits per heavy atom. The topological polar surface area (TPSA) is 48.5 Å². The lowest BCUT2D eigenvalue weighted by atomic mass is 10.0. The van der Waals surface area contributed by atoms with E-state index in [2.05, 4.69) is 51.1 Å². The molecule has 0 bridgehead atoms. The molecule has 0 N–H and O–H groups in total. The lowest BCUT2D eigenvalue weighted by Crippen LogP contribution is -1.85. The third-order valence-electron chi connectivity index (χ3n) is 3.89. The molecule has 0 saturated carbocycles. The van der Waals surface area contributed by atoms with Gasteiger partial charge in [-0.3, -0.25) is 4.68 Å². The summed E-state index contributed by atoms with van der Waals surface area (Å²) in [6, 6.07) is 8.40. The molecule has 4 rings (SSSR count). The van der Waals surface area contributed by atoms with Crippen molar-refractivity contribution in [2.45, 2.75) is 0 Å². The Kier molecular flexibility index (Phi) is 2.79. The Morgan fingerprint density at radius 2 is 1.91 bits per heavy atom. The van der Waals surface area contributed by atoms with Crippen LogP contribution in [-0.4, -0.2) is 24.3 Å². The highest BCUT2D eigenvalue weighted by atomic mass is 15.2. The molecule has 0 spiro atoms. The first-order valence-electron chi connectivity index (χ1n) is 7.07. The van der Waals surface area contributed by atoms with Gasteiger partial charge in [0.05, 0.1) is 11.9 Å². The third kappa shape index (κ3) is 1.98. The summed E-state index contributed by atoms with van der Waals surface area (Å²) in [7, 11) is 3.98. The summed E-state index contributed by atoms with van der Waals surface area (Å²) in [5.41, 5.74) is 5.52. The number of benzene rings is 1. The van der Waals surface area contributed by atoms with Gasteiger partial charge in [-0.15, -0.1) is 0 Å². The van der Waals surface area contributed by atoms with Gasteiger partial charge < -0.3 is 4.57 Å². The van der Waals surface area contributed by atoms with Gasteiger partial charge in [-0.2, -0.15) is 5.10 Å². The van der Waals surface area contributed by atoms with Crippen LogP contribution in [0.15, 0.2) is 55.4 Å². The zero-order chi connectivity index (χ0) is 15.1. The van der Waals surface area contributed by atoms with E-state index in [0.717, 1.165) is 22.4 Å². The summed E-state index contributed by atoms with van der Waals surface area (Å²) in [5.74, 6) is 0. The van der Waals surface area contributed by atoms with E-state index in [-0.39, 0.29) is 0 Å². The number of aromatic nitrogens is 5. The Morgan fingerprint density at radius 3 is 2.64 bits per heavy atom. The van der Waals surface area contributed by atoms with E-state index in [1.807, 2.05) is 30.2 Å². The van der Waals surface area contributed by atoms with E-state index in [0.29, 0.717) is 0 Å². The fourth-order valence-electron chi connectivity index (χ4n) is 2.79. The van der Waals surface area contributed by atoms with Crippen LogP contribution in [-0.2, 0) is 14.1 Å². The molecule has 0 aliphatic carbocycles. The van der Waals surface area contributed by atoms with Gasteiger partial charge in [0.25, 0.3) is 0 Å². The quantitative estimate of drug-likeness (QED) is 0.570. The molecule has 0 amide bonds. The summed E-state index contributed by atoms with van der Waals surface area (Å²) in [6.07, 6.45) is 9.37. The van der Waals surface area contributed by atoms with E-state index in [1.54, 1.807) is 12.5 Å². The molecule has 0 fully saturated rings. The second-order valence-electron chi connectivity index (χ2n) is 5.38. The SMILES string of the molecule is Cn1cc(-c2ccc3c(-c4ccncn4)cn(C)c3c2)cn1. The number of aryl methyl sites for hydroxylation is 2. The molecule has 3 aromatic heterocycles. The maximum Gasteiger partial charge on any atom is 0.116 e. The Hall–Kier alpha value is -2.95. The molecule has 1 aromatic carbocycles. The Labute approximate surface area is 127 Å². The molecular formula is C17H15N5. The molecule has 3 heterocycles. The molecule has 0 aliphatic heterocycles. The lowest BCUT2D eigenvalue weighted by Gasteiger charge is -2.01. The number of fused-ring (bicyclic) bond motifs is 1. The Balaban J connectivity index is 1.90. The lowest BCUT2D eigenvalue weighted by molar-refractivity contribution is 0.768. The van der Waals surface area contributed by atoms with E-state index >= 15 is 0 Å². The maximum absolute atomic E-state index is 4.36. The first-order valence-corrected chi connectivity index (χ1v) is 7.07. The first-order chi connectivity index (χ1) is 10.7. The van der Waals surface area contributed by atoms with Crippen molar-refractivity contribution in [3.8, 4) is 22.4 Å². The molecule has 0 saturated heterocycles. The number of hydrogen-bond donors (Lipinski definition) is 0. The zero-order valence-electron chi connectivity index (χ0n) is 12.4. The molecule has 0 atom stereocenters. The van der Waals surface area contributed by atoms with Gasteiger partial charge in [-0.05, 0) is 17.7 Å². The van der Waals surface area contributed by atoms with Crippen LogP contribution in [0.5, 0.6) is 0 Å². The van der Waals surface area contributed by atoms with E-state index in [9.17, 15) is 0 Å². The fraction of sp³-hybridized carbons (Fsp3) is 0.118. The predicted octanol–water partition coefficient (Wildman–Crippen LogP) is 3.04. The van der Waals surface area contributed by atoms with E-state index in [1.165, 1.54) is 10.9 Å². The Bertz CT molecular complexity index is 950. The highest BCUT2D eigenvalue weighted by Crippen LogP contribution is 2.31. The minimum Gasteiger partial charge on any atom is -0.350 e. The maximum atomic E-state index is 4.36. The third-order valence-corrected chi connectivity index (χ3v) is 3.89. The smallest absolute Gasteiger partial charge is 0.116 e. The van der Waals surface area contributed by atoms with Gasteiger partial charge in [0.15, 0.2) is 0 Å². The highest BCUT2D eigenvalue weighted by molar-refractivity contribution is 5.97. The summed E-state index contributed by atoms with van der Waals surface area (Å²) in [6.45, 7) is 0. The van der Waals surface area contributed by atoms with Crippen LogP contribution in [0.3, 0.4) is 0 Å². The van der Waals surface area contributed by atoms with E-state index in [4.69, 9.17) is 0 Å². The van der Waals surface area contributed by atoms with Crippen molar-refractivity contribution in [2.75, 3.05) is 0 Å². The van der Waals surface area contributed by atoms with Crippen LogP contribution < -0.4 is 0 Å². The van der Waals surface area contributed by atoms with Crippen molar-refractivity contribution in [3.63, 3.8) is 0 Å². The van der Waals surface area contributed by atoms with Crippen LogP contribution in [0, 0.1) is 0 Å². The second kappa shape index (κ2) is 4.80. The minimum atomic E-state index is 0.940. The average molecular weight is 289 g/mol. The van der Waals surface area contributed by atoms with Crippen molar-refractivity contribution >= 4 is 10.9 Å². The van der Waals surface area contributed by atoms with Crippen LogP contribution >= 0.6 is 0 Å². The number of nitrogens with zero attached hydrogens (tertiary/aromatic N) is 5. The fourth-order valence-corrected chi connectivity index (χ4v) is 2.79. The minimum absolute atomic E-state index is 0.940. The molecule has 0 radical (unpaired) electrons. The first kappa shape index (κ1) is 12.8. The number of rotatable bonds is 2. The van der Waals surface area contributed by atoms with Crippen LogP contribution in [0.2, 0.25) is 0 Å². The van der Waals surface area contributed by atoms with Crippen LogP contribution in [0.25, 0.3) is 33.3 Å². The summed E-state index contributed by atoms with van der Waals surface area (Å²) in [4.78, 5) is 8.35. The summed E-state index contributed by atoms with van der Waals surface area (Å²) < 4.78 is 3.95. The monoisotopic (exact) mass is 289 g/mol. The van der Waals surface area contributed by atoms with Gasteiger partial charge in [-0.25, -0.2) is 9.97 Å². The van der Waals surface area contributed by atoms with Gasteiger partial charge in [0.2, 0.25) is 0 Å². The van der Waals surface area contributed by atoms with Crippen molar-refractivity contribution in [3.05, 3.63) is 55.4 Å². The van der Waals surface area contributed by atoms with E-state index < -0.39 is 0 Å². The normalized spacial score (nSPS) is 11.2. The second-order valence-corrected chi connectivity index (χ2v) is 5.38. The summed E-state index contributed by atoms with van der Waals surface area (Å²) in [5, 5.41) is 5.43. The average Bonchev–Trinajstić information content (AvgIpc) is 3.12. The largest absolute Gasteiger partial charge is 0.350 e. The van der Waals surface area contributed by atoms with Crippen LogP contribution in [0.1, 0.15) is 0 Å². The molecule has 108 valence electrons. The summed E-state index contributed by atoms with van der Waals surface area (Å²) >= 11 is 0. The molecule has 0 aliphatic rings. The highest BCUT2D eigenvalue weighted by Gasteiger charge is 2.11. The molecule has 5 heteroatoms. The van der Waals surface area contributed by atoms with Crippen molar-refractivity contribution in [1.82, 2.24) is 24.3 Å².